The van der Waals surface area contributed by atoms with Gasteiger partial charge in [0.1, 0.15) is 0 Å². The van der Waals surface area contributed by atoms with E-state index < -0.39 is 21.5 Å². The number of carboxylic acid groups (broad SMARTS) is 1. The van der Waals surface area contributed by atoms with Crippen LogP contribution in [0.5, 0.6) is 0 Å². The fraction of sp³-hybridized carbons (Fsp3) is 0.429. The van der Waals surface area contributed by atoms with Gasteiger partial charge in [-0.1, -0.05) is 6.92 Å². The second kappa shape index (κ2) is 6.89. The first-order chi connectivity index (χ1) is 10.1. The van der Waals surface area contributed by atoms with Gasteiger partial charge in [-0.3, -0.25) is 9.59 Å². The summed E-state index contributed by atoms with van der Waals surface area (Å²) in [5.74, 6) is -1.26. The molecule has 0 unspecified atom stereocenters. The summed E-state index contributed by atoms with van der Waals surface area (Å²) in [6.07, 6.45) is -0.0120. The maximum atomic E-state index is 12.2. The Balaban J connectivity index is 2.90. The Bertz CT molecular complexity index is 650. The zero-order chi connectivity index (χ0) is 17.0. The van der Waals surface area contributed by atoms with Crippen molar-refractivity contribution in [1.29, 1.82) is 0 Å². The number of hydrogen-bond donors (Lipinski definition) is 3. The van der Waals surface area contributed by atoms with Crippen LogP contribution in [0.15, 0.2) is 29.2 Å². The van der Waals surface area contributed by atoms with Gasteiger partial charge in [-0.15, -0.1) is 0 Å². The molecule has 8 heteroatoms. The van der Waals surface area contributed by atoms with Gasteiger partial charge in [-0.2, -0.15) is 0 Å². The van der Waals surface area contributed by atoms with Gasteiger partial charge in [-0.25, -0.2) is 13.1 Å². The number of carbonyl (C=O) groups is 2. The third-order valence-corrected chi connectivity index (χ3v) is 4.49. The van der Waals surface area contributed by atoms with E-state index in [1.54, 1.807) is 6.92 Å². The molecule has 0 fully saturated rings. The molecule has 0 aliphatic heterocycles. The first-order valence-corrected chi connectivity index (χ1v) is 8.20. The van der Waals surface area contributed by atoms with Gasteiger partial charge in [0.15, 0.2) is 0 Å². The monoisotopic (exact) mass is 328 g/mol. The molecular weight excluding hydrogens is 308 g/mol. The van der Waals surface area contributed by atoms with Gasteiger partial charge in [0, 0.05) is 17.6 Å². The van der Waals surface area contributed by atoms with Crippen molar-refractivity contribution in [3.05, 3.63) is 24.3 Å². The molecule has 1 amide bonds. The number of nitrogens with one attached hydrogen (secondary N) is 2. The smallest absolute Gasteiger partial charge is 0.305 e. The number of benzene rings is 1. The van der Waals surface area contributed by atoms with Gasteiger partial charge in [0.05, 0.1) is 11.3 Å². The lowest BCUT2D eigenvalue weighted by atomic mass is 10.0. The standard InChI is InChI=1S/C14H20N2O5S/c1-4-12(17)15-10-5-7-11(8-6-10)22(20,21)16-14(2,3)9-13(18)19/h5-8,16H,4,9H2,1-3H3,(H,15,17)(H,18,19). The number of amides is 1. The van der Waals surface area contributed by atoms with E-state index in [1.807, 2.05) is 0 Å². The molecular formula is C14H20N2O5S. The maximum Gasteiger partial charge on any atom is 0.305 e. The molecule has 0 aromatic heterocycles. The topological polar surface area (TPSA) is 113 Å². The van der Waals surface area contributed by atoms with Gasteiger partial charge < -0.3 is 10.4 Å². The lowest BCUT2D eigenvalue weighted by Gasteiger charge is -2.24. The number of hydrogen-bond acceptors (Lipinski definition) is 4. The number of carboxylic acids is 1. The number of aliphatic carboxylic acids is 1. The van der Waals surface area contributed by atoms with Crippen molar-refractivity contribution in [3.8, 4) is 0 Å². The molecule has 0 saturated heterocycles. The molecule has 0 saturated carbocycles. The van der Waals surface area contributed by atoms with Crippen LogP contribution in [0.3, 0.4) is 0 Å². The van der Waals surface area contributed by atoms with Crippen molar-refractivity contribution < 1.29 is 23.1 Å². The number of anilines is 1. The fourth-order valence-electron chi connectivity index (χ4n) is 1.80. The van der Waals surface area contributed by atoms with Gasteiger partial charge in [0.25, 0.3) is 0 Å². The average molecular weight is 328 g/mol. The van der Waals surface area contributed by atoms with Crippen molar-refractivity contribution in [2.75, 3.05) is 5.32 Å². The van der Waals surface area contributed by atoms with Gasteiger partial charge >= 0.3 is 5.97 Å². The summed E-state index contributed by atoms with van der Waals surface area (Å²) in [7, 11) is -3.84. The second-order valence-electron chi connectivity index (χ2n) is 5.49. The van der Waals surface area contributed by atoms with E-state index in [0.29, 0.717) is 12.1 Å². The van der Waals surface area contributed by atoms with Crippen molar-refractivity contribution >= 4 is 27.6 Å². The summed E-state index contributed by atoms with van der Waals surface area (Å²) in [6.45, 7) is 4.70. The Morgan fingerprint density at radius 3 is 2.18 bits per heavy atom. The van der Waals surface area contributed by atoms with E-state index in [4.69, 9.17) is 5.11 Å². The minimum absolute atomic E-state index is 0.000427. The van der Waals surface area contributed by atoms with E-state index in [2.05, 4.69) is 10.0 Å². The maximum absolute atomic E-state index is 12.2. The SMILES string of the molecule is CCC(=O)Nc1ccc(S(=O)(=O)NC(C)(C)CC(=O)O)cc1. The van der Waals surface area contributed by atoms with Crippen LogP contribution in [0.25, 0.3) is 0 Å². The van der Waals surface area contributed by atoms with E-state index in [-0.39, 0.29) is 17.2 Å². The minimum Gasteiger partial charge on any atom is -0.481 e. The predicted molar refractivity (Wildman–Crippen MR) is 82.0 cm³/mol. The van der Waals surface area contributed by atoms with Crippen LogP contribution in [-0.2, 0) is 19.6 Å². The lowest BCUT2D eigenvalue weighted by Crippen LogP contribution is -2.44. The molecule has 0 atom stereocenters. The molecule has 1 aromatic carbocycles. The van der Waals surface area contributed by atoms with Crippen molar-refractivity contribution in [2.45, 2.75) is 44.0 Å². The first-order valence-electron chi connectivity index (χ1n) is 6.71. The number of rotatable bonds is 7. The number of sulfonamides is 1. The molecule has 0 aliphatic rings. The van der Waals surface area contributed by atoms with Crippen LogP contribution in [0.1, 0.15) is 33.6 Å². The minimum atomic E-state index is -3.84. The zero-order valence-electron chi connectivity index (χ0n) is 12.7. The molecule has 3 N–H and O–H groups in total. The average Bonchev–Trinajstić information content (AvgIpc) is 2.36. The Morgan fingerprint density at radius 2 is 1.73 bits per heavy atom. The van der Waals surface area contributed by atoms with E-state index in [1.165, 1.54) is 38.1 Å². The molecule has 122 valence electrons. The Hall–Kier alpha value is -1.93. The van der Waals surface area contributed by atoms with E-state index >= 15 is 0 Å². The Kier molecular flexibility index (Phi) is 5.67. The summed E-state index contributed by atoms with van der Waals surface area (Å²) in [6, 6.07) is 5.66. The highest BCUT2D eigenvalue weighted by Crippen LogP contribution is 2.18. The highest BCUT2D eigenvalue weighted by Gasteiger charge is 2.28. The molecule has 0 spiro atoms. The van der Waals surface area contributed by atoms with Crippen LogP contribution in [0.4, 0.5) is 5.69 Å². The van der Waals surface area contributed by atoms with Gasteiger partial charge in [0.2, 0.25) is 15.9 Å². The molecule has 0 radical (unpaired) electrons. The zero-order valence-corrected chi connectivity index (χ0v) is 13.5. The van der Waals surface area contributed by atoms with Crippen LogP contribution >= 0.6 is 0 Å². The van der Waals surface area contributed by atoms with E-state index in [9.17, 15) is 18.0 Å². The molecule has 0 aliphatic carbocycles. The quantitative estimate of drug-likeness (QED) is 0.703. The Labute approximate surface area is 129 Å². The van der Waals surface area contributed by atoms with Crippen molar-refractivity contribution in [2.24, 2.45) is 0 Å². The first kappa shape index (κ1) is 18.1. The van der Waals surface area contributed by atoms with Crippen molar-refractivity contribution in [1.82, 2.24) is 4.72 Å². The molecule has 1 rings (SSSR count). The normalized spacial score (nSPS) is 12.0. The molecule has 1 aromatic rings. The summed E-state index contributed by atoms with van der Waals surface area (Å²) in [4.78, 5) is 22.0. The lowest BCUT2D eigenvalue weighted by molar-refractivity contribution is -0.138. The van der Waals surface area contributed by atoms with Crippen LogP contribution < -0.4 is 10.0 Å². The fourth-order valence-corrected chi connectivity index (χ4v) is 3.22. The molecule has 7 nitrogen and oxygen atoms in total. The third-order valence-electron chi connectivity index (χ3n) is 2.77. The summed E-state index contributed by atoms with van der Waals surface area (Å²) < 4.78 is 26.8. The van der Waals surface area contributed by atoms with Gasteiger partial charge in [-0.05, 0) is 38.1 Å². The second-order valence-corrected chi connectivity index (χ2v) is 7.17. The van der Waals surface area contributed by atoms with Crippen LogP contribution in [-0.4, -0.2) is 30.9 Å². The molecule has 22 heavy (non-hydrogen) atoms. The largest absolute Gasteiger partial charge is 0.481 e. The summed E-state index contributed by atoms with van der Waals surface area (Å²) in [5.41, 5.74) is -0.615. The van der Waals surface area contributed by atoms with Crippen molar-refractivity contribution in [3.63, 3.8) is 0 Å². The summed E-state index contributed by atoms with van der Waals surface area (Å²) in [5, 5.41) is 11.4. The van der Waals surface area contributed by atoms with E-state index in [0.717, 1.165) is 0 Å². The Morgan fingerprint density at radius 1 is 1.18 bits per heavy atom. The van der Waals surface area contributed by atoms with Crippen LogP contribution in [0.2, 0.25) is 0 Å². The highest BCUT2D eigenvalue weighted by atomic mass is 32.2. The molecule has 0 bridgehead atoms. The van der Waals surface area contributed by atoms with Crippen LogP contribution in [0, 0.1) is 0 Å². The molecule has 0 heterocycles. The summed E-state index contributed by atoms with van der Waals surface area (Å²) >= 11 is 0. The predicted octanol–water partition coefficient (Wildman–Crippen LogP) is 1.57. The highest BCUT2D eigenvalue weighted by molar-refractivity contribution is 7.89. The number of carbonyl (C=O) groups excluding carboxylic acids is 1. The third kappa shape index (κ3) is 5.45.